The van der Waals surface area contributed by atoms with Gasteiger partial charge in [0, 0.05) is 12.0 Å². The first-order chi connectivity index (χ1) is 9.35. The third kappa shape index (κ3) is 2.49. The van der Waals surface area contributed by atoms with Crippen LogP contribution in [0.3, 0.4) is 0 Å². The Hall–Kier alpha value is -2.57. The Morgan fingerprint density at radius 2 is 1.84 bits per heavy atom. The fourth-order valence-electron chi connectivity index (χ4n) is 1.63. The van der Waals surface area contributed by atoms with E-state index >= 15 is 0 Å². The first kappa shape index (κ1) is 11.5. The van der Waals surface area contributed by atoms with Gasteiger partial charge in [-0.25, -0.2) is 0 Å². The molecule has 2 heterocycles. The van der Waals surface area contributed by atoms with Gasteiger partial charge in [-0.1, -0.05) is 37.3 Å². The lowest BCUT2D eigenvalue weighted by Crippen LogP contribution is -2.04. The Bertz CT molecular complexity index is 660. The number of hydrogen-bond acceptors (Lipinski definition) is 6. The number of hydrogen-bond donors (Lipinski definition) is 0. The van der Waals surface area contributed by atoms with E-state index in [2.05, 4.69) is 25.6 Å². The predicted octanol–water partition coefficient (Wildman–Crippen LogP) is 1.33. The van der Waals surface area contributed by atoms with E-state index in [4.69, 9.17) is 4.42 Å². The van der Waals surface area contributed by atoms with Gasteiger partial charge in [0.2, 0.25) is 17.6 Å². The van der Waals surface area contributed by atoms with E-state index in [0.29, 0.717) is 30.6 Å². The molecular formula is C12H12N6O. The van der Waals surface area contributed by atoms with Gasteiger partial charge in [-0.15, -0.1) is 20.4 Å². The molecule has 7 nitrogen and oxygen atoms in total. The Kier molecular flexibility index (Phi) is 3.01. The van der Waals surface area contributed by atoms with E-state index in [0.717, 1.165) is 5.56 Å². The van der Waals surface area contributed by atoms with E-state index in [1.54, 1.807) is 0 Å². The molecule has 0 radical (unpaired) electrons. The van der Waals surface area contributed by atoms with Crippen LogP contribution >= 0.6 is 0 Å². The lowest BCUT2D eigenvalue weighted by atomic mass is 10.2. The van der Waals surface area contributed by atoms with Crippen molar-refractivity contribution >= 4 is 0 Å². The number of aryl methyl sites for hydroxylation is 1. The molecule has 0 spiro atoms. The minimum atomic E-state index is 0.326. The molecule has 0 fully saturated rings. The molecule has 0 amide bonds. The maximum atomic E-state index is 5.40. The molecule has 96 valence electrons. The standard InChI is InChI=1S/C12H12N6O/c1-2-10-13-14-11(19-10)8-18-16-12(15-17-18)9-6-4-3-5-7-9/h3-7H,2,8H2,1H3. The van der Waals surface area contributed by atoms with Crippen molar-refractivity contribution in [2.75, 3.05) is 0 Å². The van der Waals surface area contributed by atoms with Crippen molar-refractivity contribution in [2.45, 2.75) is 19.9 Å². The summed E-state index contributed by atoms with van der Waals surface area (Å²) in [6.07, 6.45) is 0.715. The molecule has 1 aromatic carbocycles. The van der Waals surface area contributed by atoms with Gasteiger partial charge in [0.15, 0.2) is 0 Å². The molecule has 0 aliphatic heterocycles. The number of benzene rings is 1. The summed E-state index contributed by atoms with van der Waals surface area (Å²) in [6, 6.07) is 9.67. The van der Waals surface area contributed by atoms with Gasteiger partial charge in [-0.05, 0) is 5.21 Å². The van der Waals surface area contributed by atoms with Crippen molar-refractivity contribution in [3.63, 3.8) is 0 Å². The summed E-state index contributed by atoms with van der Waals surface area (Å²) < 4.78 is 5.40. The average molecular weight is 256 g/mol. The Morgan fingerprint density at radius 3 is 2.58 bits per heavy atom. The molecular weight excluding hydrogens is 244 g/mol. The summed E-state index contributed by atoms with van der Waals surface area (Å²) >= 11 is 0. The summed E-state index contributed by atoms with van der Waals surface area (Å²) in [7, 11) is 0. The average Bonchev–Trinajstić information content (AvgIpc) is 3.09. The highest BCUT2D eigenvalue weighted by Gasteiger charge is 2.09. The molecule has 0 N–H and O–H groups in total. The van der Waals surface area contributed by atoms with Crippen LogP contribution in [0.2, 0.25) is 0 Å². The summed E-state index contributed by atoms with van der Waals surface area (Å²) in [5.41, 5.74) is 0.925. The molecule has 3 rings (SSSR count). The van der Waals surface area contributed by atoms with Crippen LogP contribution in [0.25, 0.3) is 11.4 Å². The zero-order chi connectivity index (χ0) is 13.1. The topological polar surface area (TPSA) is 82.5 Å². The van der Waals surface area contributed by atoms with Crippen LogP contribution in [0.5, 0.6) is 0 Å². The Morgan fingerprint density at radius 1 is 1.05 bits per heavy atom. The van der Waals surface area contributed by atoms with Gasteiger partial charge < -0.3 is 4.42 Å². The predicted molar refractivity (Wildman–Crippen MR) is 66.0 cm³/mol. The second kappa shape index (κ2) is 4.97. The molecule has 2 aromatic heterocycles. The van der Waals surface area contributed by atoms with E-state index in [1.807, 2.05) is 37.3 Å². The molecule has 0 saturated heterocycles. The lowest BCUT2D eigenvalue weighted by molar-refractivity contribution is 0.416. The molecule has 0 saturated carbocycles. The molecule has 0 aliphatic carbocycles. The summed E-state index contributed by atoms with van der Waals surface area (Å²) in [4.78, 5) is 1.44. The fourth-order valence-corrected chi connectivity index (χ4v) is 1.63. The van der Waals surface area contributed by atoms with Crippen LogP contribution in [0.4, 0.5) is 0 Å². The van der Waals surface area contributed by atoms with E-state index in [1.165, 1.54) is 4.80 Å². The second-order valence-corrected chi connectivity index (χ2v) is 3.95. The number of aromatic nitrogens is 6. The highest BCUT2D eigenvalue weighted by molar-refractivity contribution is 5.52. The van der Waals surface area contributed by atoms with Crippen LogP contribution < -0.4 is 0 Å². The SMILES string of the molecule is CCc1nnc(Cn2nnc(-c3ccccc3)n2)o1. The normalized spacial score (nSPS) is 10.8. The first-order valence-electron chi connectivity index (χ1n) is 5.99. The van der Waals surface area contributed by atoms with Crippen LogP contribution in [0.15, 0.2) is 34.7 Å². The fraction of sp³-hybridized carbons (Fsp3) is 0.250. The number of rotatable bonds is 4. The summed E-state index contributed by atoms with van der Waals surface area (Å²) in [6.45, 7) is 2.28. The van der Waals surface area contributed by atoms with Crippen LogP contribution in [-0.2, 0) is 13.0 Å². The zero-order valence-corrected chi connectivity index (χ0v) is 10.4. The molecule has 19 heavy (non-hydrogen) atoms. The van der Waals surface area contributed by atoms with Crippen molar-refractivity contribution in [1.29, 1.82) is 0 Å². The Labute approximate surface area is 109 Å². The van der Waals surface area contributed by atoms with Gasteiger partial charge in [-0.2, -0.15) is 4.80 Å². The first-order valence-corrected chi connectivity index (χ1v) is 5.99. The molecule has 0 bridgehead atoms. The highest BCUT2D eigenvalue weighted by atomic mass is 16.4. The van der Waals surface area contributed by atoms with E-state index in [9.17, 15) is 0 Å². The van der Waals surface area contributed by atoms with Crippen molar-refractivity contribution < 1.29 is 4.42 Å². The van der Waals surface area contributed by atoms with Gasteiger partial charge in [0.05, 0.1) is 0 Å². The molecule has 0 atom stereocenters. The van der Waals surface area contributed by atoms with Crippen LogP contribution in [-0.4, -0.2) is 30.4 Å². The summed E-state index contributed by atoms with van der Waals surface area (Å²) in [5, 5.41) is 20.1. The number of nitrogens with zero attached hydrogens (tertiary/aromatic N) is 6. The highest BCUT2D eigenvalue weighted by Crippen LogP contribution is 2.12. The van der Waals surface area contributed by atoms with Gasteiger partial charge >= 0.3 is 0 Å². The van der Waals surface area contributed by atoms with Crippen LogP contribution in [0, 0.1) is 0 Å². The zero-order valence-electron chi connectivity index (χ0n) is 10.4. The third-order valence-corrected chi connectivity index (χ3v) is 2.57. The van der Waals surface area contributed by atoms with Crippen molar-refractivity contribution in [3.05, 3.63) is 42.1 Å². The maximum absolute atomic E-state index is 5.40. The molecule has 0 unspecified atom stereocenters. The van der Waals surface area contributed by atoms with Crippen molar-refractivity contribution in [1.82, 2.24) is 30.4 Å². The third-order valence-electron chi connectivity index (χ3n) is 2.57. The van der Waals surface area contributed by atoms with Crippen LogP contribution in [0.1, 0.15) is 18.7 Å². The number of tetrazole rings is 1. The van der Waals surface area contributed by atoms with Crippen molar-refractivity contribution in [3.8, 4) is 11.4 Å². The van der Waals surface area contributed by atoms with E-state index < -0.39 is 0 Å². The largest absolute Gasteiger partial charge is 0.423 e. The lowest BCUT2D eigenvalue weighted by Gasteiger charge is -1.93. The monoisotopic (exact) mass is 256 g/mol. The van der Waals surface area contributed by atoms with Crippen molar-refractivity contribution in [2.24, 2.45) is 0 Å². The minimum absolute atomic E-state index is 0.326. The molecule has 3 aromatic rings. The minimum Gasteiger partial charge on any atom is -0.423 e. The second-order valence-electron chi connectivity index (χ2n) is 3.95. The quantitative estimate of drug-likeness (QED) is 0.700. The maximum Gasteiger partial charge on any atom is 0.239 e. The molecule has 0 aliphatic rings. The van der Waals surface area contributed by atoms with Gasteiger partial charge in [0.25, 0.3) is 0 Å². The Balaban J connectivity index is 1.78. The van der Waals surface area contributed by atoms with Gasteiger partial charge in [0.1, 0.15) is 6.54 Å². The molecule has 7 heteroatoms. The van der Waals surface area contributed by atoms with Gasteiger partial charge in [-0.3, -0.25) is 0 Å². The smallest absolute Gasteiger partial charge is 0.239 e. The van der Waals surface area contributed by atoms with E-state index in [-0.39, 0.29) is 0 Å². The summed E-state index contributed by atoms with van der Waals surface area (Å²) in [5.74, 6) is 1.67.